The molecular formula is C17H20N2O4S. The minimum Gasteiger partial charge on any atom is -0.480 e. The minimum atomic E-state index is -3.86. The maximum Gasteiger partial charge on any atom is 0.326 e. The number of hydrazine groups is 1. The Labute approximate surface area is 141 Å². The van der Waals surface area contributed by atoms with Crippen molar-refractivity contribution < 1.29 is 18.3 Å². The molecule has 0 radical (unpaired) electrons. The van der Waals surface area contributed by atoms with Gasteiger partial charge in [-0.15, -0.1) is 4.83 Å². The molecule has 1 atom stereocenters. The number of rotatable bonds is 6. The molecule has 0 amide bonds. The zero-order chi connectivity index (χ0) is 17.9. The summed E-state index contributed by atoms with van der Waals surface area (Å²) in [6, 6.07) is 10.4. The third-order valence-electron chi connectivity index (χ3n) is 3.49. The highest BCUT2D eigenvalue weighted by molar-refractivity contribution is 7.89. The quantitative estimate of drug-likeness (QED) is 0.696. The highest BCUT2D eigenvalue weighted by atomic mass is 32.2. The number of carboxylic acid groups (broad SMARTS) is 1. The molecule has 6 nitrogen and oxygen atoms in total. The Morgan fingerprint density at radius 3 is 2.00 bits per heavy atom. The first-order valence-electron chi connectivity index (χ1n) is 7.34. The summed E-state index contributed by atoms with van der Waals surface area (Å²) >= 11 is 0. The van der Waals surface area contributed by atoms with Crippen molar-refractivity contribution in [1.29, 1.82) is 0 Å². The second-order valence-corrected chi connectivity index (χ2v) is 7.44. The predicted octanol–water partition coefficient (Wildman–Crippen LogP) is 2.22. The largest absolute Gasteiger partial charge is 0.480 e. The second-order valence-electron chi connectivity index (χ2n) is 5.76. The summed E-state index contributed by atoms with van der Waals surface area (Å²) in [7, 11) is -3.86. The standard InChI is InChI=1S/C17H20N2O4S/c1-11-4-6-15(7-5-11)24(22,23)19-18-16(17(20)21)14-9-12(2)8-13(3)10-14/h4-10,16,18-19H,1-3H3,(H,20,21). The normalized spacial score (nSPS) is 12.8. The fourth-order valence-electron chi connectivity index (χ4n) is 2.38. The Hall–Kier alpha value is -2.22. The van der Waals surface area contributed by atoms with Gasteiger partial charge in [-0.1, -0.05) is 47.0 Å². The van der Waals surface area contributed by atoms with E-state index < -0.39 is 22.0 Å². The molecule has 24 heavy (non-hydrogen) atoms. The Kier molecular flexibility index (Phi) is 5.38. The lowest BCUT2D eigenvalue weighted by atomic mass is 10.0. The van der Waals surface area contributed by atoms with Crippen LogP contribution in [0, 0.1) is 20.8 Å². The number of benzene rings is 2. The van der Waals surface area contributed by atoms with E-state index in [4.69, 9.17) is 0 Å². The summed E-state index contributed by atoms with van der Waals surface area (Å²) in [5.74, 6) is -1.17. The first-order chi connectivity index (χ1) is 11.2. The summed E-state index contributed by atoms with van der Waals surface area (Å²) < 4.78 is 24.5. The van der Waals surface area contributed by atoms with Gasteiger partial charge >= 0.3 is 5.97 Å². The number of carbonyl (C=O) groups is 1. The number of aliphatic carboxylic acids is 1. The number of nitrogens with one attached hydrogen (secondary N) is 2. The first kappa shape index (κ1) is 18.1. The highest BCUT2D eigenvalue weighted by Gasteiger charge is 2.23. The summed E-state index contributed by atoms with van der Waals surface area (Å²) in [6.07, 6.45) is 0. The van der Waals surface area contributed by atoms with Crippen molar-refractivity contribution in [1.82, 2.24) is 10.3 Å². The second kappa shape index (κ2) is 7.12. The van der Waals surface area contributed by atoms with E-state index in [2.05, 4.69) is 10.3 Å². The molecule has 0 aliphatic rings. The van der Waals surface area contributed by atoms with Crippen LogP contribution >= 0.6 is 0 Å². The van der Waals surface area contributed by atoms with Gasteiger partial charge in [0.15, 0.2) is 0 Å². The molecule has 0 spiro atoms. The Bertz CT molecular complexity index is 825. The number of hydrogen-bond acceptors (Lipinski definition) is 4. The van der Waals surface area contributed by atoms with Crippen LogP contribution in [0.3, 0.4) is 0 Å². The van der Waals surface area contributed by atoms with E-state index >= 15 is 0 Å². The van der Waals surface area contributed by atoms with Crippen molar-refractivity contribution in [2.75, 3.05) is 0 Å². The molecule has 0 saturated carbocycles. The van der Waals surface area contributed by atoms with E-state index in [0.29, 0.717) is 5.56 Å². The smallest absolute Gasteiger partial charge is 0.326 e. The van der Waals surface area contributed by atoms with Crippen molar-refractivity contribution in [2.45, 2.75) is 31.7 Å². The van der Waals surface area contributed by atoms with Gasteiger partial charge < -0.3 is 5.11 Å². The summed E-state index contributed by atoms with van der Waals surface area (Å²) in [6.45, 7) is 5.56. The molecule has 2 rings (SSSR count). The van der Waals surface area contributed by atoms with E-state index in [1.54, 1.807) is 24.3 Å². The summed E-state index contributed by atoms with van der Waals surface area (Å²) in [4.78, 5) is 13.7. The fraction of sp³-hybridized carbons (Fsp3) is 0.235. The summed E-state index contributed by atoms with van der Waals surface area (Å²) in [5, 5.41) is 9.41. The van der Waals surface area contributed by atoms with Crippen molar-refractivity contribution in [3.8, 4) is 0 Å². The van der Waals surface area contributed by atoms with Crippen LogP contribution in [-0.4, -0.2) is 19.5 Å². The monoisotopic (exact) mass is 348 g/mol. The number of sulfonamides is 1. The van der Waals surface area contributed by atoms with Gasteiger partial charge in [0.05, 0.1) is 4.90 Å². The lowest BCUT2D eigenvalue weighted by Gasteiger charge is -2.17. The predicted molar refractivity (Wildman–Crippen MR) is 90.9 cm³/mol. The summed E-state index contributed by atoms with van der Waals surface area (Å²) in [5.41, 5.74) is 5.62. The van der Waals surface area contributed by atoms with Crippen LogP contribution in [0.25, 0.3) is 0 Å². The Balaban J connectivity index is 2.22. The van der Waals surface area contributed by atoms with E-state index in [1.807, 2.05) is 26.8 Å². The van der Waals surface area contributed by atoms with Crippen LogP contribution in [0.5, 0.6) is 0 Å². The van der Waals surface area contributed by atoms with E-state index in [-0.39, 0.29) is 4.90 Å². The molecule has 2 aromatic rings. The van der Waals surface area contributed by atoms with Gasteiger partial charge in [0, 0.05) is 0 Å². The Morgan fingerprint density at radius 2 is 1.50 bits per heavy atom. The first-order valence-corrected chi connectivity index (χ1v) is 8.82. The van der Waals surface area contributed by atoms with E-state index in [1.165, 1.54) is 12.1 Å². The molecule has 1 unspecified atom stereocenters. The van der Waals surface area contributed by atoms with E-state index in [0.717, 1.165) is 16.7 Å². The van der Waals surface area contributed by atoms with Gasteiger partial charge in [0.25, 0.3) is 10.0 Å². The van der Waals surface area contributed by atoms with E-state index in [9.17, 15) is 18.3 Å². The molecule has 0 fully saturated rings. The van der Waals surface area contributed by atoms with Crippen LogP contribution in [-0.2, 0) is 14.8 Å². The SMILES string of the molecule is Cc1ccc(S(=O)(=O)NNC(C(=O)O)c2cc(C)cc(C)c2)cc1. The van der Waals surface area contributed by atoms with Crippen molar-refractivity contribution >= 4 is 16.0 Å². The van der Waals surface area contributed by atoms with Gasteiger partial charge in [-0.25, -0.2) is 13.8 Å². The molecule has 2 aromatic carbocycles. The molecular weight excluding hydrogens is 328 g/mol. The topological polar surface area (TPSA) is 95.5 Å². The fourth-order valence-corrected chi connectivity index (χ4v) is 3.26. The van der Waals surface area contributed by atoms with Crippen molar-refractivity contribution in [3.05, 3.63) is 64.7 Å². The lowest BCUT2D eigenvalue weighted by molar-refractivity contribution is -0.139. The lowest BCUT2D eigenvalue weighted by Crippen LogP contribution is -2.42. The molecule has 3 N–H and O–H groups in total. The molecule has 0 aromatic heterocycles. The van der Waals surface area contributed by atoms with Crippen molar-refractivity contribution in [3.63, 3.8) is 0 Å². The molecule has 7 heteroatoms. The zero-order valence-electron chi connectivity index (χ0n) is 13.7. The molecule has 0 aliphatic heterocycles. The number of aryl methyl sites for hydroxylation is 3. The van der Waals surface area contributed by atoms with Gasteiger partial charge in [0.1, 0.15) is 6.04 Å². The van der Waals surface area contributed by atoms with Crippen LogP contribution in [0.15, 0.2) is 47.4 Å². The Morgan fingerprint density at radius 1 is 0.958 bits per heavy atom. The molecule has 0 saturated heterocycles. The van der Waals surface area contributed by atoms with Crippen LogP contribution in [0.4, 0.5) is 0 Å². The number of carboxylic acids is 1. The third-order valence-corrected chi connectivity index (χ3v) is 4.77. The maximum atomic E-state index is 12.3. The molecule has 0 aliphatic carbocycles. The van der Waals surface area contributed by atoms with Crippen LogP contribution in [0.1, 0.15) is 28.3 Å². The molecule has 0 heterocycles. The molecule has 0 bridgehead atoms. The van der Waals surface area contributed by atoms with Gasteiger partial charge in [-0.3, -0.25) is 4.79 Å². The maximum absolute atomic E-state index is 12.3. The third kappa shape index (κ3) is 4.41. The zero-order valence-corrected chi connectivity index (χ0v) is 14.5. The van der Waals surface area contributed by atoms with Gasteiger partial charge in [-0.2, -0.15) is 0 Å². The van der Waals surface area contributed by atoms with Crippen LogP contribution in [0.2, 0.25) is 0 Å². The van der Waals surface area contributed by atoms with Crippen molar-refractivity contribution in [2.24, 2.45) is 0 Å². The molecule has 128 valence electrons. The van der Waals surface area contributed by atoms with Gasteiger partial charge in [0.2, 0.25) is 0 Å². The average Bonchev–Trinajstić information content (AvgIpc) is 2.46. The highest BCUT2D eigenvalue weighted by Crippen LogP contribution is 2.17. The average molecular weight is 348 g/mol. The van der Waals surface area contributed by atoms with Crippen LogP contribution < -0.4 is 10.3 Å². The number of hydrogen-bond donors (Lipinski definition) is 3. The van der Waals surface area contributed by atoms with Gasteiger partial charge in [-0.05, 0) is 38.5 Å². The minimum absolute atomic E-state index is 0.0603.